The second kappa shape index (κ2) is 4.45. The minimum atomic E-state index is 0.507. The maximum atomic E-state index is 5.02. The summed E-state index contributed by atoms with van der Waals surface area (Å²) < 4.78 is 9.30. The molecule has 1 aliphatic heterocycles. The van der Waals surface area contributed by atoms with Crippen molar-refractivity contribution >= 4 is 16.7 Å². The van der Waals surface area contributed by atoms with Crippen LogP contribution in [0.4, 0.5) is 5.13 Å². The van der Waals surface area contributed by atoms with E-state index in [0.717, 1.165) is 11.0 Å². The third-order valence-electron chi connectivity index (χ3n) is 2.90. The molecule has 2 atom stereocenters. The Kier molecular flexibility index (Phi) is 3.21. The smallest absolute Gasteiger partial charge is 0.205 e. The Balaban J connectivity index is 2.14. The van der Waals surface area contributed by atoms with Crippen molar-refractivity contribution in [3.8, 4) is 0 Å². The average Bonchev–Trinajstić information content (AvgIpc) is 2.75. The number of anilines is 1. The normalized spacial score (nSPS) is 26.2. The molecule has 4 nitrogen and oxygen atoms in total. The van der Waals surface area contributed by atoms with Gasteiger partial charge in [0.2, 0.25) is 5.13 Å². The van der Waals surface area contributed by atoms with Crippen molar-refractivity contribution in [1.29, 1.82) is 0 Å². The maximum absolute atomic E-state index is 5.02. The molecule has 84 valence electrons. The summed E-state index contributed by atoms with van der Waals surface area (Å²) in [5, 5.41) is 1.04. The molecule has 2 rings (SSSR count). The fraction of sp³-hybridized carbons (Fsp3) is 0.800. The van der Waals surface area contributed by atoms with Crippen molar-refractivity contribution in [2.75, 3.05) is 12.0 Å². The summed E-state index contributed by atoms with van der Waals surface area (Å²) in [4.78, 5) is 6.86. The molecule has 0 amide bonds. The predicted octanol–water partition coefficient (Wildman–Crippen LogP) is 2.06. The average molecular weight is 227 g/mol. The molecule has 0 spiro atoms. The van der Waals surface area contributed by atoms with E-state index in [4.69, 9.17) is 4.74 Å². The summed E-state index contributed by atoms with van der Waals surface area (Å²) in [6.45, 7) is 5.01. The Morgan fingerprint density at radius 2 is 2.07 bits per heavy atom. The van der Waals surface area contributed by atoms with Crippen LogP contribution < -0.4 is 4.90 Å². The largest absolute Gasteiger partial charge is 0.377 e. The summed E-state index contributed by atoms with van der Waals surface area (Å²) in [6.07, 6.45) is 2.50. The van der Waals surface area contributed by atoms with E-state index in [2.05, 4.69) is 28.1 Å². The summed E-state index contributed by atoms with van der Waals surface area (Å²) in [5.41, 5.74) is 0. The van der Waals surface area contributed by atoms with E-state index < -0.39 is 0 Å². The number of hydrogen-bond acceptors (Lipinski definition) is 5. The fourth-order valence-electron chi connectivity index (χ4n) is 2.11. The quantitative estimate of drug-likeness (QED) is 0.792. The van der Waals surface area contributed by atoms with Gasteiger partial charge in [-0.25, -0.2) is 4.98 Å². The second-order valence-corrected chi connectivity index (χ2v) is 4.84. The number of nitrogens with zero attached hydrogens (tertiary/aromatic N) is 3. The lowest BCUT2D eigenvalue weighted by Gasteiger charge is -2.24. The topological polar surface area (TPSA) is 38.2 Å². The summed E-state index contributed by atoms with van der Waals surface area (Å²) in [5.74, 6) is 0.795. The molecule has 1 aliphatic rings. The van der Waals surface area contributed by atoms with E-state index in [-0.39, 0.29) is 0 Å². The molecule has 0 aliphatic carbocycles. The van der Waals surface area contributed by atoms with Crippen molar-refractivity contribution < 1.29 is 4.74 Å². The van der Waals surface area contributed by atoms with Crippen LogP contribution in [0.15, 0.2) is 0 Å². The van der Waals surface area contributed by atoms with Crippen LogP contribution in [0.2, 0.25) is 0 Å². The molecule has 0 bridgehead atoms. The predicted molar refractivity (Wildman–Crippen MR) is 61.3 cm³/mol. The molecule has 15 heavy (non-hydrogen) atoms. The Morgan fingerprint density at radius 1 is 1.40 bits per heavy atom. The van der Waals surface area contributed by atoms with Gasteiger partial charge < -0.3 is 9.64 Å². The van der Waals surface area contributed by atoms with Crippen LogP contribution in [0, 0.1) is 0 Å². The highest BCUT2D eigenvalue weighted by atomic mass is 32.1. The minimum absolute atomic E-state index is 0.507. The van der Waals surface area contributed by atoms with Gasteiger partial charge in [-0.15, -0.1) is 0 Å². The van der Waals surface area contributed by atoms with Crippen LogP contribution in [-0.2, 0) is 11.3 Å². The van der Waals surface area contributed by atoms with Crippen LogP contribution in [0.1, 0.15) is 32.5 Å². The van der Waals surface area contributed by atoms with Crippen LogP contribution >= 0.6 is 11.5 Å². The zero-order valence-electron chi connectivity index (χ0n) is 9.43. The minimum Gasteiger partial charge on any atom is -0.377 e. The lowest BCUT2D eigenvalue weighted by atomic mass is 10.2. The van der Waals surface area contributed by atoms with Gasteiger partial charge in [-0.05, 0) is 26.7 Å². The van der Waals surface area contributed by atoms with Gasteiger partial charge in [-0.2, -0.15) is 4.37 Å². The number of aromatic nitrogens is 2. The zero-order chi connectivity index (χ0) is 10.8. The second-order valence-electron chi connectivity index (χ2n) is 4.11. The van der Waals surface area contributed by atoms with Crippen molar-refractivity contribution in [3.05, 3.63) is 5.82 Å². The van der Waals surface area contributed by atoms with Crippen molar-refractivity contribution in [1.82, 2.24) is 9.36 Å². The highest BCUT2D eigenvalue weighted by molar-refractivity contribution is 7.09. The lowest BCUT2D eigenvalue weighted by molar-refractivity contribution is 0.179. The highest BCUT2D eigenvalue weighted by Crippen LogP contribution is 2.31. The zero-order valence-corrected chi connectivity index (χ0v) is 10.3. The van der Waals surface area contributed by atoms with Crippen molar-refractivity contribution in [2.45, 2.75) is 45.4 Å². The summed E-state index contributed by atoms with van der Waals surface area (Å²) in [6, 6.07) is 1.17. The van der Waals surface area contributed by atoms with Gasteiger partial charge in [-0.1, -0.05) is 0 Å². The fourth-order valence-corrected chi connectivity index (χ4v) is 2.99. The van der Waals surface area contributed by atoms with Crippen LogP contribution in [0.25, 0.3) is 0 Å². The van der Waals surface area contributed by atoms with Crippen LogP contribution in [-0.4, -0.2) is 28.6 Å². The van der Waals surface area contributed by atoms with Crippen molar-refractivity contribution in [3.63, 3.8) is 0 Å². The standard InChI is InChI=1S/C10H17N3OS/c1-7-4-5-8(2)13(7)10-11-9(6-14-3)12-15-10/h7-8H,4-6H2,1-3H3/t7-,8-/m1/s1. The molecule has 1 aromatic rings. The van der Waals surface area contributed by atoms with E-state index in [1.807, 2.05) is 0 Å². The van der Waals surface area contributed by atoms with Gasteiger partial charge in [-0.3, -0.25) is 0 Å². The monoisotopic (exact) mass is 227 g/mol. The molecule has 0 saturated carbocycles. The first kappa shape index (κ1) is 10.8. The van der Waals surface area contributed by atoms with E-state index in [1.54, 1.807) is 7.11 Å². The van der Waals surface area contributed by atoms with Gasteiger partial charge in [0, 0.05) is 30.7 Å². The molecule has 2 heterocycles. The Hall–Kier alpha value is -0.680. The lowest BCUT2D eigenvalue weighted by Crippen LogP contribution is -2.32. The number of hydrogen-bond donors (Lipinski definition) is 0. The van der Waals surface area contributed by atoms with Gasteiger partial charge in [0.25, 0.3) is 0 Å². The Morgan fingerprint density at radius 3 is 2.67 bits per heavy atom. The third kappa shape index (κ3) is 2.13. The first-order valence-corrected chi connectivity index (χ1v) is 6.09. The molecule has 0 unspecified atom stereocenters. The van der Waals surface area contributed by atoms with Gasteiger partial charge in [0.05, 0.1) is 0 Å². The molecule has 0 aromatic carbocycles. The molecular weight excluding hydrogens is 210 g/mol. The molecule has 1 saturated heterocycles. The van der Waals surface area contributed by atoms with Gasteiger partial charge >= 0.3 is 0 Å². The third-order valence-corrected chi connectivity index (χ3v) is 3.67. The SMILES string of the molecule is COCc1nsc(N2[C@H](C)CC[C@H]2C)n1. The first-order chi connectivity index (χ1) is 7.22. The number of methoxy groups -OCH3 is 1. The Bertz CT molecular complexity index is 318. The molecule has 5 heteroatoms. The maximum Gasteiger partial charge on any atom is 0.205 e. The van der Waals surface area contributed by atoms with E-state index in [9.17, 15) is 0 Å². The van der Waals surface area contributed by atoms with E-state index >= 15 is 0 Å². The molecular formula is C10H17N3OS. The van der Waals surface area contributed by atoms with E-state index in [0.29, 0.717) is 18.7 Å². The summed E-state index contributed by atoms with van der Waals surface area (Å²) >= 11 is 1.48. The highest BCUT2D eigenvalue weighted by Gasteiger charge is 2.29. The van der Waals surface area contributed by atoms with Crippen molar-refractivity contribution in [2.24, 2.45) is 0 Å². The van der Waals surface area contributed by atoms with Crippen LogP contribution in [0.5, 0.6) is 0 Å². The molecule has 0 radical (unpaired) electrons. The molecule has 0 N–H and O–H groups in total. The number of rotatable bonds is 3. The summed E-state index contributed by atoms with van der Waals surface area (Å²) in [7, 11) is 1.67. The first-order valence-electron chi connectivity index (χ1n) is 5.32. The van der Waals surface area contributed by atoms with Crippen LogP contribution in [0.3, 0.4) is 0 Å². The van der Waals surface area contributed by atoms with Gasteiger partial charge in [0.15, 0.2) is 5.82 Å². The molecule has 1 aromatic heterocycles. The van der Waals surface area contributed by atoms with E-state index in [1.165, 1.54) is 24.4 Å². The molecule has 1 fully saturated rings. The Labute approximate surface area is 94.4 Å². The number of ether oxygens (including phenoxy) is 1. The van der Waals surface area contributed by atoms with Gasteiger partial charge in [0.1, 0.15) is 6.61 Å².